The van der Waals surface area contributed by atoms with Crippen LogP contribution in [0.3, 0.4) is 0 Å². The molecule has 0 aliphatic rings. The number of carbonyl (C=O) groups is 1. The third-order valence-electron chi connectivity index (χ3n) is 2.70. The van der Waals surface area contributed by atoms with Gasteiger partial charge in [-0.1, -0.05) is 6.07 Å². The van der Waals surface area contributed by atoms with Crippen molar-refractivity contribution in [1.29, 1.82) is 0 Å². The summed E-state index contributed by atoms with van der Waals surface area (Å²) < 4.78 is 63.0. The summed E-state index contributed by atoms with van der Waals surface area (Å²) in [5.41, 5.74) is -1.52. The molecule has 0 radical (unpaired) electrons. The van der Waals surface area contributed by atoms with Gasteiger partial charge < -0.3 is 5.32 Å². The number of sulfonamides is 1. The maximum Gasteiger partial charge on any atom is 0.417 e. The van der Waals surface area contributed by atoms with Gasteiger partial charge in [0.25, 0.3) is 0 Å². The highest BCUT2D eigenvalue weighted by Gasteiger charge is 2.32. The molecule has 0 unspecified atom stereocenters. The number of pyridine rings is 1. The van der Waals surface area contributed by atoms with E-state index in [9.17, 15) is 26.4 Å². The first-order valence-electron chi connectivity index (χ1n) is 6.62. The molecule has 2 rings (SSSR count). The molecule has 2 aromatic heterocycles. The zero-order valence-corrected chi connectivity index (χ0v) is 14.3. The molecule has 11 heteroatoms. The maximum absolute atomic E-state index is 12.8. The van der Waals surface area contributed by atoms with Gasteiger partial charge >= 0.3 is 6.18 Å². The first kappa shape index (κ1) is 18.9. The monoisotopic (exact) mass is 391 g/mol. The van der Waals surface area contributed by atoms with E-state index in [1.807, 2.05) is 4.72 Å². The second-order valence-electron chi connectivity index (χ2n) is 4.83. The van der Waals surface area contributed by atoms with Crippen LogP contribution in [-0.2, 0) is 21.0 Å². The van der Waals surface area contributed by atoms with Crippen LogP contribution in [0.15, 0.2) is 35.9 Å². The molecule has 134 valence electrons. The Kier molecular flexibility index (Phi) is 5.48. The zero-order valence-electron chi connectivity index (χ0n) is 12.7. The minimum absolute atomic E-state index is 0.402. The number of aromatic nitrogens is 1. The molecule has 0 aliphatic heterocycles. The van der Waals surface area contributed by atoms with E-state index in [1.54, 1.807) is 17.5 Å². The van der Waals surface area contributed by atoms with Crippen LogP contribution in [0.5, 0.6) is 0 Å². The van der Waals surface area contributed by atoms with Gasteiger partial charge in [-0.15, -0.1) is 11.3 Å². The summed E-state index contributed by atoms with van der Waals surface area (Å²) in [6.07, 6.45) is -0.802. The summed E-state index contributed by atoms with van der Waals surface area (Å²) in [6.45, 7) is 0. The Labute approximate surface area is 145 Å². The van der Waals surface area contributed by atoms with Crippen LogP contribution in [-0.4, -0.2) is 25.6 Å². The number of anilines is 2. The lowest BCUT2D eigenvalue weighted by atomic mass is 10.2. The number of hydrogen-bond donors (Lipinski definition) is 2. The number of carbonyl (C=O) groups excluding carboxylic acids is 1. The molecule has 0 aliphatic carbocycles. The predicted molar refractivity (Wildman–Crippen MR) is 89.7 cm³/mol. The fourth-order valence-corrected chi connectivity index (χ4v) is 2.82. The topological polar surface area (TPSA) is 88.2 Å². The largest absolute Gasteiger partial charge is 0.417 e. The summed E-state index contributed by atoms with van der Waals surface area (Å²) in [5.74, 6) is -1.14. The zero-order chi connectivity index (χ0) is 18.7. The summed E-state index contributed by atoms with van der Waals surface area (Å²) in [5, 5.41) is 3.99. The van der Waals surface area contributed by atoms with Gasteiger partial charge in [-0.2, -0.15) is 13.2 Å². The second kappa shape index (κ2) is 7.23. The highest BCUT2D eigenvalue weighted by molar-refractivity contribution is 7.92. The molecule has 2 aromatic rings. The molecule has 0 atom stereocenters. The summed E-state index contributed by atoms with van der Waals surface area (Å²) in [4.78, 5) is 16.1. The van der Waals surface area contributed by atoms with Gasteiger partial charge in [0.15, 0.2) is 5.82 Å². The van der Waals surface area contributed by atoms with Crippen LogP contribution in [0.25, 0.3) is 6.08 Å². The van der Waals surface area contributed by atoms with E-state index in [1.165, 1.54) is 17.4 Å². The Balaban J connectivity index is 2.30. The Morgan fingerprint density at radius 1 is 1.36 bits per heavy atom. The molecule has 1 amide bonds. The van der Waals surface area contributed by atoms with Crippen molar-refractivity contribution >= 4 is 44.8 Å². The fraction of sp³-hybridized carbons (Fsp3) is 0.143. The SMILES string of the molecule is CS(=O)(=O)Nc1ncc(C(F)(F)F)cc1NC(=O)C=Cc1cccs1. The Bertz CT molecular complexity index is 892. The third kappa shape index (κ3) is 5.87. The highest BCUT2D eigenvalue weighted by atomic mass is 32.2. The molecule has 0 fully saturated rings. The van der Waals surface area contributed by atoms with Crippen molar-refractivity contribution in [3.8, 4) is 0 Å². The maximum atomic E-state index is 12.8. The summed E-state index contributed by atoms with van der Waals surface area (Å²) >= 11 is 1.37. The minimum atomic E-state index is -4.69. The van der Waals surface area contributed by atoms with E-state index in [4.69, 9.17) is 0 Å². The van der Waals surface area contributed by atoms with Gasteiger partial charge in [0, 0.05) is 17.2 Å². The van der Waals surface area contributed by atoms with Crippen LogP contribution < -0.4 is 10.0 Å². The number of nitrogens with one attached hydrogen (secondary N) is 2. The van der Waals surface area contributed by atoms with Crippen LogP contribution in [0, 0.1) is 0 Å². The molecule has 0 aromatic carbocycles. The highest BCUT2D eigenvalue weighted by Crippen LogP contribution is 2.32. The van der Waals surface area contributed by atoms with Gasteiger partial charge in [-0.25, -0.2) is 13.4 Å². The first-order valence-corrected chi connectivity index (χ1v) is 9.39. The van der Waals surface area contributed by atoms with E-state index in [2.05, 4.69) is 10.3 Å². The van der Waals surface area contributed by atoms with Gasteiger partial charge in [0.05, 0.1) is 17.5 Å². The molecular formula is C14H12F3N3O3S2. The quantitative estimate of drug-likeness (QED) is 0.767. The van der Waals surface area contributed by atoms with E-state index >= 15 is 0 Å². The summed E-state index contributed by atoms with van der Waals surface area (Å²) in [6, 6.07) is 4.13. The van der Waals surface area contributed by atoms with Crippen molar-refractivity contribution in [2.75, 3.05) is 16.3 Å². The lowest BCUT2D eigenvalue weighted by molar-refractivity contribution is -0.137. The van der Waals surface area contributed by atoms with Gasteiger partial charge in [0.2, 0.25) is 15.9 Å². The van der Waals surface area contributed by atoms with Crippen molar-refractivity contribution in [2.24, 2.45) is 0 Å². The number of rotatable bonds is 5. The van der Waals surface area contributed by atoms with E-state index in [-0.39, 0.29) is 0 Å². The van der Waals surface area contributed by atoms with Crippen molar-refractivity contribution in [2.45, 2.75) is 6.18 Å². The van der Waals surface area contributed by atoms with Crippen LogP contribution in [0.4, 0.5) is 24.7 Å². The number of thiophene rings is 1. The number of alkyl halides is 3. The molecule has 2 N–H and O–H groups in total. The molecular weight excluding hydrogens is 379 g/mol. The molecule has 2 heterocycles. The smallest absolute Gasteiger partial charge is 0.319 e. The van der Waals surface area contributed by atoms with Crippen molar-refractivity contribution in [3.05, 3.63) is 46.3 Å². The van der Waals surface area contributed by atoms with E-state index < -0.39 is 39.2 Å². The molecule has 6 nitrogen and oxygen atoms in total. The van der Waals surface area contributed by atoms with Gasteiger partial charge in [-0.05, 0) is 23.6 Å². The molecule has 0 bridgehead atoms. The van der Waals surface area contributed by atoms with Crippen LogP contribution >= 0.6 is 11.3 Å². The number of amides is 1. The van der Waals surface area contributed by atoms with Crippen molar-refractivity contribution in [1.82, 2.24) is 4.98 Å². The Morgan fingerprint density at radius 2 is 2.08 bits per heavy atom. The van der Waals surface area contributed by atoms with Crippen molar-refractivity contribution in [3.63, 3.8) is 0 Å². The standard InChI is InChI=1S/C14H12F3N3O3S2/c1-25(22,23)20-13-11(7-9(8-18-13)14(15,16)17)19-12(21)5-4-10-3-2-6-24-10/h2-8H,1H3,(H,18,20)(H,19,21). The lowest BCUT2D eigenvalue weighted by Crippen LogP contribution is -2.17. The lowest BCUT2D eigenvalue weighted by Gasteiger charge is -2.13. The normalized spacial score (nSPS) is 12.3. The average Bonchev–Trinajstić information content (AvgIpc) is 2.97. The number of halogens is 3. The predicted octanol–water partition coefficient (Wildman–Crippen LogP) is 3.19. The number of nitrogens with zero attached hydrogens (tertiary/aromatic N) is 1. The fourth-order valence-electron chi connectivity index (χ4n) is 1.69. The second-order valence-corrected chi connectivity index (χ2v) is 7.56. The van der Waals surface area contributed by atoms with Crippen molar-refractivity contribution < 1.29 is 26.4 Å². The van der Waals surface area contributed by atoms with E-state index in [0.29, 0.717) is 12.3 Å². The average molecular weight is 391 g/mol. The number of hydrogen-bond acceptors (Lipinski definition) is 5. The third-order valence-corrected chi connectivity index (χ3v) is 4.10. The molecule has 0 saturated carbocycles. The molecule has 25 heavy (non-hydrogen) atoms. The van der Waals surface area contributed by atoms with E-state index in [0.717, 1.165) is 17.2 Å². The van der Waals surface area contributed by atoms with Crippen LogP contribution in [0.2, 0.25) is 0 Å². The molecule has 0 spiro atoms. The molecule has 0 saturated heterocycles. The Hall–Kier alpha value is -2.40. The van der Waals surface area contributed by atoms with Crippen LogP contribution in [0.1, 0.15) is 10.4 Å². The van der Waals surface area contributed by atoms with Gasteiger partial charge in [0.1, 0.15) is 0 Å². The Morgan fingerprint density at radius 3 is 2.64 bits per heavy atom. The summed E-state index contributed by atoms with van der Waals surface area (Å²) in [7, 11) is -3.79. The van der Waals surface area contributed by atoms with Gasteiger partial charge in [-0.3, -0.25) is 9.52 Å². The first-order chi connectivity index (χ1) is 11.5. The minimum Gasteiger partial charge on any atom is -0.319 e.